The molecule has 1 saturated heterocycles. The van der Waals surface area contributed by atoms with Gasteiger partial charge in [0.1, 0.15) is 0 Å². The van der Waals surface area contributed by atoms with Crippen LogP contribution in [-0.2, 0) is 34.0 Å². The Labute approximate surface area is 95.5 Å². The van der Waals surface area contributed by atoms with Gasteiger partial charge in [-0.05, 0) is 0 Å². The first-order valence-electron chi connectivity index (χ1n) is 3.63. The minimum Gasteiger partial charge on any atom is -0.279 e. The van der Waals surface area contributed by atoms with Gasteiger partial charge < -0.3 is 0 Å². The van der Waals surface area contributed by atoms with Gasteiger partial charge in [0, 0.05) is 12.8 Å². The normalized spacial score (nSPS) is 16.8. The average molecular weight is 293 g/mol. The highest BCUT2D eigenvalue weighted by molar-refractivity contribution is 7.94. The molecule has 1 heterocycles. The van der Waals surface area contributed by atoms with Gasteiger partial charge in [0.15, 0.2) is 0 Å². The van der Waals surface area contributed by atoms with Crippen molar-refractivity contribution in [3.05, 3.63) is 0 Å². The van der Waals surface area contributed by atoms with E-state index >= 15 is 0 Å². The molecule has 13 heteroatoms. The van der Waals surface area contributed by atoms with Crippen LogP contribution in [0.5, 0.6) is 0 Å². The number of carbonyl (C=O) groups excluding carboxylic acids is 2. The third-order valence-corrected chi connectivity index (χ3v) is 2.57. The molecule has 3 N–H and O–H groups in total. The quantitative estimate of drug-likeness (QED) is 0.297. The molecule has 0 atom stereocenters. The first-order chi connectivity index (χ1) is 7.42. The summed E-state index contributed by atoms with van der Waals surface area (Å²) in [5.74, 6) is -1.01. The van der Waals surface area contributed by atoms with Crippen molar-refractivity contribution in [2.75, 3.05) is 0 Å². The van der Waals surface area contributed by atoms with Gasteiger partial charge >= 0.3 is 20.8 Å². The highest BCUT2D eigenvalue weighted by atomic mass is 32.3. The predicted octanol–water partition coefficient (Wildman–Crippen LogP) is -1.87. The van der Waals surface area contributed by atoms with Crippen LogP contribution in [0.1, 0.15) is 12.8 Å². The molecule has 0 spiro atoms. The van der Waals surface area contributed by atoms with Crippen LogP contribution in [0.25, 0.3) is 0 Å². The summed E-state index contributed by atoms with van der Waals surface area (Å²) in [6.45, 7) is 0. The van der Waals surface area contributed by atoms with Crippen LogP contribution < -0.4 is 0 Å². The molecule has 0 unspecified atom stereocenters. The molecule has 1 aliphatic heterocycles. The van der Waals surface area contributed by atoms with Crippen LogP contribution in [0.4, 0.5) is 0 Å². The number of hydrogen-bond donors (Lipinski definition) is 3. The maximum atomic E-state index is 10.2. The van der Waals surface area contributed by atoms with Crippen molar-refractivity contribution >= 4 is 32.6 Å². The van der Waals surface area contributed by atoms with Crippen molar-refractivity contribution in [1.82, 2.24) is 5.06 Å². The SMILES string of the molecule is O=C1CCC(=O)N1O.O=S(=O)(O)OS(=O)(=O)O. The van der Waals surface area contributed by atoms with E-state index in [-0.39, 0.29) is 17.9 Å². The lowest BCUT2D eigenvalue weighted by molar-refractivity contribution is -0.171. The molecule has 0 aromatic rings. The Balaban J connectivity index is 0.000000302. The summed E-state index contributed by atoms with van der Waals surface area (Å²) in [5, 5.41) is 8.57. The summed E-state index contributed by atoms with van der Waals surface area (Å²) in [7, 11) is -10.2. The van der Waals surface area contributed by atoms with E-state index < -0.39 is 32.6 Å². The zero-order chi connectivity index (χ0) is 13.9. The Morgan fingerprint density at radius 1 is 0.941 bits per heavy atom. The number of imide groups is 1. The highest BCUT2D eigenvalue weighted by Crippen LogP contribution is 2.07. The van der Waals surface area contributed by atoms with E-state index in [1.807, 2.05) is 0 Å². The maximum Gasteiger partial charge on any atom is 0.413 e. The predicted molar refractivity (Wildman–Crippen MR) is 47.1 cm³/mol. The second-order valence-electron chi connectivity index (χ2n) is 2.52. The topological polar surface area (TPSA) is 176 Å². The monoisotopic (exact) mass is 293 g/mol. The number of hydrogen-bond acceptors (Lipinski definition) is 8. The number of carbonyl (C=O) groups is 2. The summed E-state index contributed by atoms with van der Waals surface area (Å²) in [4.78, 5) is 20.5. The molecule has 1 aliphatic rings. The lowest BCUT2D eigenvalue weighted by Gasteiger charge is -1.98. The van der Waals surface area contributed by atoms with E-state index in [9.17, 15) is 26.4 Å². The number of hydroxylamine groups is 2. The van der Waals surface area contributed by atoms with Crippen molar-refractivity contribution in [1.29, 1.82) is 0 Å². The molecular formula is C4H7NO10S2. The fourth-order valence-corrected chi connectivity index (χ4v) is 1.54. The smallest absolute Gasteiger partial charge is 0.279 e. The number of amides is 2. The molecule has 0 aromatic carbocycles. The third kappa shape index (κ3) is 7.72. The van der Waals surface area contributed by atoms with E-state index in [0.717, 1.165) is 0 Å². The van der Waals surface area contributed by atoms with E-state index in [1.165, 1.54) is 0 Å². The van der Waals surface area contributed by atoms with Crippen molar-refractivity contribution in [3.8, 4) is 0 Å². The first-order valence-corrected chi connectivity index (χ1v) is 6.36. The number of rotatable bonds is 2. The van der Waals surface area contributed by atoms with Gasteiger partial charge in [-0.25, -0.2) is 0 Å². The van der Waals surface area contributed by atoms with Gasteiger partial charge in [-0.15, -0.1) is 3.63 Å². The fourth-order valence-electron chi connectivity index (χ4n) is 0.673. The molecule has 1 rings (SSSR count). The Morgan fingerprint density at radius 3 is 1.29 bits per heavy atom. The third-order valence-electron chi connectivity index (χ3n) is 1.20. The molecule has 0 aromatic heterocycles. The Hall–Kier alpha value is -1.12. The van der Waals surface area contributed by atoms with Crippen LogP contribution in [-0.4, -0.2) is 48.0 Å². The van der Waals surface area contributed by atoms with E-state index in [2.05, 4.69) is 3.63 Å². The van der Waals surface area contributed by atoms with Gasteiger partial charge in [-0.2, -0.15) is 21.9 Å². The van der Waals surface area contributed by atoms with Crippen LogP contribution in [0, 0.1) is 0 Å². The van der Waals surface area contributed by atoms with Crippen molar-refractivity contribution < 1.29 is 44.4 Å². The number of nitrogens with zero attached hydrogens (tertiary/aromatic N) is 1. The van der Waals surface area contributed by atoms with Gasteiger partial charge in [-0.3, -0.25) is 23.9 Å². The first kappa shape index (κ1) is 15.9. The summed E-state index contributed by atoms with van der Waals surface area (Å²) in [5.41, 5.74) is 0. The van der Waals surface area contributed by atoms with E-state index in [1.54, 1.807) is 0 Å². The van der Waals surface area contributed by atoms with Gasteiger partial charge in [-0.1, -0.05) is 0 Å². The van der Waals surface area contributed by atoms with E-state index in [4.69, 9.17) is 14.3 Å². The van der Waals surface area contributed by atoms with Gasteiger partial charge in [0.05, 0.1) is 0 Å². The molecule has 100 valence electrons. The molecular weight excluding hydrogens is 286 g/mol. The lowest BCUT2D eigenvalue weighted by Crippen LogP contribution is -2.24. The average Bonchev–Trinajstić information content (AvgIpc) is 2.30. The van der Waals surface area contributed by atoms with Crippen molar-refractivity contribution in [2.24, 2.45) is 0 Å². The van der Waals surface area contributed by atoms with Crippen LogP contribution in [0.2, 0.25) is 0 Å². The zero-order valence-corrected chi connectivity index (χ0v) is 9.51. The second-order valence-corrected chi connectivity index (χ2v) is 4.78. The molecule has 0 aliphatic carbocycles. The minimum absolute atomic E-state index is 0.148. The summed E-state index contributed by atoms with van der Waals surface area (Å²) >= 11 is 0. The van der Waals surface area contributed by atoms with Crippen LogP contribution in [0.3, 0.4) is 0 Å². The largest absolute Gasteiger partial charge is 0.413 e. The molecule has 1 fully saturated rings. The summed E-state index contributed by atoms with van der Waals surface area (Å²) in [6, 6.07) is 0. The van der Waals surface area contributed by atoms with Crippen LogP contribution >= 0.6 is 0 Å². The Morgan fingerprint density at radius 2 is 1.24 bits per heavy atom. The fraction of sp³-hybridized carbons (Fsp3) is 0.500. The molecule has 2 amide bonds. The molecule has 0 bridgehead atoms. The summed E-state index contributed by atoms with van der Waals surface area (Å²) < 4.78 is 55.6. The van der Waals surface area contributed by atoms with E-state index in [0.29, 0.717) is 0 Å². The molecule has 17 heavy (non-hydrogen) atoms. The maximum absolute atomic E-state index is 10.2. The van der Waals surface area contributed by atoms with Gasteiger partial charge in [0.25, 0.3) is 11.8 Å². The molecule has 11 nitrogen and oxygen atoms in total. The zero-order valence-electron chi connectivity index (χ0n) is 7.88. The Kier molecular flexibility index (Phi) is 5.12. The second kappa shape index (κ2) is 5.48. The minimum atomic E-state index is -5.12. The Bertz CT molecular complexity index is 456. The lowest BCUT2D eigenvalue weighted by atomic mass is 10.4. The standard InChI is InChI=1S/C4H5NO3.H2O7S2/c6-3-1-2-4(7)5(3)8;1-8(2,3)7-9(4,5)6/h8H,1-2H2;(H,1,2,3)(H,4,5,6). The van der Waals surface area contributed by atoms with Crippen LogP contribution in [0.15, 0.2) is 0 Å². The molecule has 0 radical (unpaired) electrons. The van der Waals surface area contributed by atoms with Crippen molar-refractivity contribution in [2.45, 2.75) is 12.8 Å². The summed E-state index contributed by atoms with van der Waals surface area (Å²) in [6.07, 6.45) is 0.296. The highest BCUT2D eigenvalue weighted by Gasteiger charge is 2.26. The van der Waals surface area contributed by atoms with Gasteiger partial charge in [0.2, 0.25) is 0 Å². The van der Waals surface area contributed by atoms with Crippen molar-refractivity contribution in [3.63, 3.8) is 0 Å². The molecule has 0 saturated carbocycles.